The fraction of sp³-hybridized carbons (Fsp3) is 0.571. The summed E-state index contributed by atoms with van der Waals surface area (Å²) in [5.41, 5.74) is 1.98. The van der Waals surface area contributed by atoms with Crippen LogP contribution in [0.3, 0.4) is 0 Å². The molecule has 2 aromatic heterocycles. The Morgan fingerprint density at radius 1 is 1.45 bits per heavy atom. The van der Waals surface area contributed by atoms with Crippen molar-refractivity contribution in [2.24, 2.45) is 0 Å². The maximum Gasteiger partial charge on any atom is 0.179 e. The number of halogens is 1. The van der Waals surface area contributed by atoms with Gasteiger partial charge >= 0.3 is 0 Å². The molecule has 20 heavy (non-hydrogen) atoms. The van der Waals surface area contributed by atoms with E-state index in [-0.39, 0.29) is 0 Å². The first-order valence-corrected chi connectivity index (χ1v) is 9.35. The molecule has 0 unspecified atom stereocenters. The molecular formula is C14H18BrN3S2. The van der Waals surface area contributed by atoms with Crippen LogP contribution in [0.1, 0.15) is 32.1 Å². The van der Waals surface area contributed by atoms with Crippen molar-refractivity contribution in [1.82, 2.24) is 14.5 Å². The van der Waals surface area contributed by atoms with Crippen LogP contribution in [0, 0.1) is 4.77 Å². The van der Waals surface area contributed by atoms with Gasteiger partial charge in [-0.05, 0) is 53.3 Å². The summed E-state index contributed by atoms with van der Waals surface area (Å²) in [6.07, 6.45) is 10.7. The van der Waals surface area contributed by atoms with Gasteiger partial charge in [0.05, 0.1) is 5.52 Å². The van der Waals surface area contributed by atoms with Gasteiger partial charge in [0.1, 0.15) is 0 Å². The smallest absolute Gasteiger partial charge is 0.179 e. The molecule has 1 N–H and O–H groups in total. The van der Waals surface area contributed by atoms with Gasteiger partial charge in [0, 0.05) is 22.0 Å². The predicted molar refractivity (Wildman–Crippen MR) is 91.9 cm³/mol. The average molecular weight is 372 g/mol. The molecular weight excluding hydrogens is 354 g/mol. The fourth-order valence-corrected chi connectivity index (χ4v) is 4.62. The Labute approximate surface area is 136 Å². The summed E-state index contributed by atoms with van der Waals surface area (Å²) in [4.78, 5) is 7.82. The van der Waals surface area contributed by atoms with Crippen molar-refractivity contribution in [2.45, 2.75) is 43.4 Å². The summed E-state index contributed by atoms with van der Waals surface area (Å²) in [6.45, 7) is 0.960. The van der Waals surface area contributed by atoms with E-state index in [1.54, 1.807) is 0 Å². The van der Waals surface area contributed by atoms with E-state index in [1.165, 1.54) is 32.1 Å². The van der Waals surface area contributed by atoms with Crippen molar-refractivity contribution < 1.29 is 0 Å². The molecule has 0 amide bonds. The summed E-state index contributed by atoms with van der Waals surface area (Å²) in [5.74, 6) is 0. The van der Waals surface area contributed by atoms with Crippen LogP contribution in [0.25, 0.3) is 11.2 Å². The highest BCUT2D eigenvalue weighted by Crippen LogP contribution is 2.40. The number of imidazole rings is 1. The molecule has 2 aromatic rings. The Bertz CT molecular complexity index is 671. The summed E-state index contributed by atoms with van der Waals surface area (Å²) >= 11 is 11.0. The van der Waals surface area contributed by atoms with Gasteiger partial charge in [-0.25, -0.2) is 4.98 Å². The number of aromatic nitrogens is 3. The van der Waals surface area contributed by atoms with Crippen LogP contribution in [0.5, 0.6) is 0 Å². The molecule has 6 heteroatoms. The Kier molecular flexibility index (Phi) is 4.24. The van der Waals surface area contributed by atoms with E-state index in [4.69, 9.17) is 12.2 Å². The lowest BCUT2D eigenvalue weighted by Crippen LogP contribution is -2.33. The monoisotopic (exact) mass is 371 g/mol. The maximum absolute atomic E-state index is 5.51. The standard InChI is InChI=1S/C14H18BrN3S2/c1-20-14(5-3-2-4-6-14)9-18-12-11(17-13(18)19)7-10(15)8-16-12/h7-8H,2-6,9H2,1H3,(H,17,19). The van der Waals surface area contributed by atoms with Gasteiger partial charge in [-0.3, -0.25) is 0 Å². The normalized spacial score (nSPS) is 18.5. The molecule has 1 saturated carbocycles. The molecule has 0 radical (unpaired) electrons. The molecule has 0 aliphatic heterocycles. The number of thioether (sulfide) groups is 1. The molecule has 3 nitrogen and oxygen atoms in total. The van der Waals surface area contributed by atoms with Gasteiger partial charge in [-0.15, -0.1) is 0 Å². The molecule has 108 valence electrons. The maximum atomic E-state index is 5.51. The van der Waals surface area contributed by atoms with E-state index < -0.39 is 0 Å². The highest BCUT2D eigenvalue weighted by molar-refractivity contribution is 9.10. The lowest BCUT2D eigenvalue weighted by Gasteiger charge is -2.36. The Morgan fingerprint density at radius 2 is 2.20 bits per heavy atom. The number of pyridine rings is 1. The predicted octanol–water partition coefficient (Wildman–Crippen LogP) is 4.92. The molecule has 0 saturated heterocycles. The number of fused-ring (bicyclic) bond motifs is 1. The van der Waals surface area contributed by atoms with E-state index in [1.807, 2.05) is 24.0 Å². The summed E-state index contributed by atoms with van der Waals surface area (Å²) < 4.78 is 4.26. The number of nitrogens with one attached hydrogen (secondary N) is 1. The number of rotatable bonds is 3. The fourth-order valence-electron chi connectivity index (χ4n) is 3.08. The second kappa shape index (κ2) is 5.81. The third-order valence-electron chi connectivity index (χ3n) is 4.22. The van der Waals surface area contributed by atoms with E-state index in [0.29, 0.717) is 4.75 Å². The number of aromatic amines is 1. The Morgan fingerprint density at radius 3 is 2.90 bits per heavy atom. The topological polar surface area (TPSA) is 33.6 Å². The Balaban J connectivity index is 2.01. The van der Waals surface area contributed by atoms with Gasteiger partial charge in [-0.2, -0.15) is 11.8 Å². The zero-order chi connectivity index (χ0) is 14.2. The quantitative estimate of drug-likeness (QED) is 0.777. The molecule has 3 rings (SSSR count). The van der Waals surface area contributed by atoms with Gasteiger partial charge in [0.15, 0.2) is 10.4 Å². The molecule has 2 heterocycles. The van der Waals surface area contributed by atoms with Crippen LogP contribution in [-0.2, 0) is 6.54 Å². The highest BCUT2D eigenvalue weighted by atomic mass is 79.9. The van der Waals surface area contributed by atoms with Crippen LogP contribution in [0.15, 0.2) is 16.7 Å². The lowest BCUT2D eigenvalue weighted by molar-refractivity contribution is 0.360. The van der Waals surface area contributed by atoms with E-state index in [9.17, 15) is 0 Å². The minimum absolute atomic E-state index is 0.320. The zero-order valence-electron chi connectivity index (χ0n) is 11.5. The number of hydrogen-bond acceptors (Lipinski definition) is 3. The summed E-state index contributed by atoms with van der Waals surface area (Å²) in [7, 11) is 0. The van der Waals surface area contributed by atoms with Crippen molar-refractivity contribution in [3.8, 4) is 0 Å². The molecule has 0 aromatic carbocycles. The number of H-pyrrole nitrogens is 1. The second-order valence-corrected chi connectivity index (χ2v) is 8.07. The zero-order valence-corrected chi connectivity index (χ0v) is 14.7. The summed E-state index contributed by atoms with van der Waals surface area (Å²) in [6, 6.07) is 2.04. The van der Waals surface area contributed by atoms with Crippen molar-refractivity contribution in [1.29, 1.82) is 0 Å². The minimum Gasteiger partial charge on any atom is -0.329 e. The van der Waals surface area contributed by atoms with Crippen LogP contribution >= 0.6 is 39.9 Å². The Hall–Kier alpha value is -0.330. The van der Waals surface area contributed by atoms with Crippen molar-refractivity contribution in [2.75, 3.05) is 6.26 Å². The molecule has 0 atom stereocenters. The third-order valence-corrected chi connectivity index (χ3v) is 6.38. The molecule has 0 spiro atoms. The molecule has 1 aliphatic rings. The first kappa shape index (κ1) is 14.6. The van der Waals surface area contributed by atoms with Gasteiger partial charge in [0.2, 0.25) is 0 Å². The first-order valence-electron chi connectivity index (χ1n) is 6.93. The molecule has 1 fully saturated rings. The van der Waals surface area contributed by atoms with E-state index >= 15 is 0 Å². The molecule has 0 bridgehead atoms. The van der Waals surface area contributed by atoms with E-state index in [0.717, 1.165) is 27.0 Å². The van der Waals surface area contributed by atoms with Crippen LogP contribution in [0.4, 0.5) is 0 Å². The summed E-state index contributed by atoms with van der Waals surface area (Å²) in [5, 5.41) is 0. The van der Waals surface area contributed by atoms with E-state index in [2.05, 4.69) is 36.7 Å². The van der Waals surface area contributed by atoms with Crippen LogP contribution < -0.4 is 0 Å². The van der Waals surface area contributed by atoms with Crippen LogP contribution in [-0.4, -0.2) is 25.5 Å². The minimum atomic E-state index is 0.320. The highest BCUT2D eigenvalue weighted by Gasteiger charge is 2.32. The van der Waals surface area contributed by atoms with Crippen molar-refractivity contribution in [3.63, 3.8) is 0 Å². The van der Waals surface area contributed by atoms with Crippen LogP contribution in [0.2, 0.25) is 0 Å². The largest absolute Gasteiger partial charge is 0.329 e. The first-order chi connectivity index (χ1) is 9.63. The van der Waals surface area contributed by atoms with Crippen molar-refractivity contribution in [3.05, 3.63) is 21.5 Å². The third kappa shape index (κ3) is 2.70. The van der Waals surface area contributed by atoms with Gasteiger partial charge in [0.25, 0.3) is 0 Å². The number of hydrogen-bond donors (Lipinski definition) is 1. The van der Waals surface area contributed by atoms with Crippen molar-refractivity contribution >= 4 is 51.1 Å². The SMILES string of the molecule is CSC1(Cn2c(=S)[nH]c3cc(Br)cnc32)CCCCC1. The van der Waals surface area contributed by atoms with Gasteiger partial charge in [-0.1, -0.05) is 19.3 Å². The van der Waals surface area contributed by atoms with Gasteiger partial charge < -0.3 is 9.55 Å². The average Bonchev–Trinajstić information content (AvgIpc) is 2.75. The second-order valence-electron chi connectivity index (χ2n) is 5.49. The number of nitrogens with zero attached hydrogens (tertiary/aromatic N) is 2. The molecule has 1 aliphatic carbocycles. The lowest BCUT2D eigenvalue weighted by atomic mass is 9.88.